The van der Waals surface area contributed by atoms with E-state index in [0.717, 1.165) is 83.9 Å². The first-order chi connectivity index (χ1) is 39.8. The fourth-order valence-corrected chi connectivity index (χ4v) is 16.7. The summed E-state index contributed by atoms with van der Waals surface area (Å²) in [6.45, 7) is 13.6. The lowest BCUT2D eigenvalue weighted by atomic mass is 9.35. The van der Waals surface area contributed by atoms with Crippen LogP contribution in [-0.2, 0) is 10.8 Å². The molecule has 11 aromatic carbocycles. The summed E-state index contributed by atoms with van der Waals surface area (Å²) in [5.41, 5.74) is 18.0. The molecule has 8 heteroatoms. The highest BCUT2D eigenvalue weighted by molar-refractivity contribution is 8.00. The van der Waals surface area contributed by atoms with Gasteiger partial charge in [-0.25, -0.2) is 0 Å². The van der Waals surface area contributed by atoms with Crippen LogP contribution in [0.2, 0.25) is 0 Å². The summed E-state index contributed by atoms with van der Waals surface area (Å²) < 4.78 is 25.0. The summed E-state index contributed by atoms with van der Waals surface area (Å²) in [5, 5.41) is 9.71. The Morgan fingerprint density at radius 2 is 0.866 bits per heavy atom. The third-order valence-electron chi connectivity index (χ3n) is 17.3. The zero-order valence-corrected chi connectivity index (χ0v) is 48.6. The maximum absolute atomic E-state index is 7.30. The van der Waals surface area contributed by atoms with Crippen LogP contribution in [0.5, 0.6) is 11.5 Å². The molecule has 0 atom stereocenters. The van der Waals surface area contributed by atoms with Crippen LogP contribution in [0.15, 0.2) is 225 Å². The zero-order chi connectivity index (χ0) is 54.9. The molecule has 0 N–H and O–H groups in total. The molecule has 17 rings (SSSR count). The number of ether oxygens (including phenoxy) is 1. The van der Waals surface area contributed by atoms with E-state index in [0.29, 0.717) is 0 Å². The van der Waals surface area contributed by atoms with Crippen LogP contribution >= 0.6 is 34.4 Å². The minimum absolute atomic E-state index is 0.0368. The van der Waals surface area contributed by atoms with Gasteiger partial charge in [0.1, 0.15) is 33.8 Å². The Balaban J connectivity index is 0.819. The lowest BCUT2D eigenvalue weighted by Gasteiger charge is -2.34. The molecule has 0 radical (unpaired) electrons. The molecule has 4 nitrogen and oxygen atoms in total. The van der Waals surface area contributed by atoms with E-state index in [2.05, 4.69) is 241 Å². The van der Waals surface area contributed by atoms with Gasteiger partial charge in [-0.3, -0.25) is 0 Å². The molecular formula is C74H52BNO3S3. The molecule has 0 saturated carbocycles. The van der Waals surface area contributed by atoms with Crippen molar-refractivity contribution in [3.05, 3.63) is 217 Å². The van der Waals surface area contributed by atoms with E-state index in [4.69, 9.17) is 13.6 Å². The molecule has 2 aliphatic heterocycles. The van der Waals surface area contributed by atoms with Gasteiger partial charge in [0.2, 0.25) is 0 Å². The number of hydrogen-bond acceptors (Lipinski definition) is 7. The first-order valence-corrected chi connectivity index (χ1v) is 30.7. The van der Waals surface area contributed by atoms with Gasteiger partial charge in [0, 0.05) is 88.7 Å². The maximum atomic E-state index is 7.30. The quantitative estimate of drug-likeness (QED) is 0.161. The Morgan fingerprint density at radius 1 is 0.366 bits per heavy atom. The highest BCUT2D eigenvalue weighted by Crippen LogP contribution is 2.48. The average molecular weight is 1110 g/mol. The Labute approximate surface area is 487 Å². The summed E-state index contributed by atoms with van der Waals surface area (Å²) in [4.78, 5) is 4.88. The molecule has 2 aliphatic rings. The van der Waals surface area contributed by atoms with Crippen molar-refractivity contribution >= 4 is 159 Å². The van der Waals surface area contributed by atoms with Crippen LogP contribution in [-0.4, -0.2) is 6.71 Å². The van der Waals surface area contributed by atoms with Gasteiger partial charge < -0.3 is 18.5 Å². The second-order valence-corrected chi connectivity index (χ2v) is 27.6. The number of para-hydroxylation sites is 2. The minimum atomic E-state index is -0.0396. The van der Waals surface area contributed by atoms with Gasteiger partial charge in [-0.15, -0.1) is 22.7 Å². The Bertz CT molecular complexity index is 5140. The number of fused-ring (bicyclic) bond motifs is 18. The molecule has 0 spiro atoms. The lowest BCUT2D eigenvalue weighted by Crippen LogP contribution is -2.57. The van der Waals surface area contributed by atoms with Crippen molar-refractivity contribution in [2.45, 2.75) is 62.2 Å². The predicted octanol–water partition coefficient (Wildman–Crippen LogP) is 20.7. The average Bonchev–Trinajstić information content (AvgIpc) is 4.03. The Morgan fingerprint density at radius 3 is 1.44 bits per heavy atom. The van der Waals surface area contributed by atoms with Crippen molar-refractivity contribution in [2.75, 3.05) is 4.90 Å². The topological polar surface area (TPSA) is 38.8 Å². The second-order valence-electron chi connectivity index (χ2n) is 24.4. The van der Waals surface area contributed by atoms with Crippen LogP contribution < -0.4 is 26.0 Å². The summed E-state index contributed by atoms with van der Waals surface area (Å²) in [6, 6.07) is 76.5. The first kappa shape index (κ1) is 48.2. The lowest BCUT2D eigenvalue weighted by molar-refractivity contribution is 0.486. The normalized spacial score (nSPS) is 13.3. The van der Waals surface area contributed by atoms with Crippen molar-refractivity contribution in [3.63, 3.8) is 0 Å². The summed E-state index contributed by atoms with van der Waals surface area (Å²) >= 11 is 5.56. The molecule has 4 aromatic heterocycles. The summed E-state index contributed by atoms with van der Waals surface area (Å²) in [5.74, 6) is 1.79. The third-order valence-corrected chi connectivity index (χ3v) is 20.7. The fourth-order valence-electron chi connectivity index (χ4n) is 13.2. The van der Waals surface area contributed by atoms with Crippen molar-refractivity contribution in [1.82, 2.24) is 0 Å². The highest BCUT2D eigenvalue weighted by Gasteiger charge is 2.40. The van der Waals surface area contributed by atoms with Crippen LogP contribution in [0.4, 0.5) is 17.1 Å². The maximum Gasteiger partial charge on any atom is 0.253 e. The van der Waals surface area contributed by atoms with Gasteiger partial charge in [-0.1, -0.05) is 162 Å². The second kappa shape index (κ2) is 17.5. The van der Waals surface area contributed by atoms with E-state index >= 15 is 0 Å². The molecule has 0 saturated heterocycles. The zero-order valence-electron chi connectivity index (χ0n) is 46.1. The van der Waals surface area contributed by atoms with Crippen molar-refractivity contribution in [1.29, 1.82) is 0 Å². The number of nitrogens with zero attached hydrogens (tertiary/aromatic N) is 1. The molecule has 6 heterocycles. The fraction of sp³-hybridized carbons (Fsp3) is 0.108. The van der Waals surface area contributed by atoms with Gasteiger partial charge in [-0.05, 0) is 158 Å². The van der Waals surface area contributed by atoms with Crippen LogP contribution in [0.1, 0.15) is 52.7 Å². The standard InChI is InChI=1S/C74H52BNO3S3/c1-73(2,3)45-18-22-47(23-19-45)76(48-24-20-46(21-25-48)74(4,5)6)49-26-30-55-66(40-49)82-67-39-44(43-16-28-53-65(38-43)81-63-34-32-59-69(71(53)63)51-12-8-10-14-57(51)78-59)36-61-72(67)75(55)54-29-17-41(35-60(54)79-61)42-15-27-52-64(37-42)80-62-33-31-58-68(70(52)62)50-11-7-9-13-56(50)77-58/h7-40H,1-6H3. The molecule has 0 bridgehead atoms. The van der Waals surface area contributed by atoms with Gasteiger partial charge in [0.05, 0.1) is 0 Å². The van der Waals surface area contributed by atoms with Crippen LogP contribution in [0.25, 0.3) is 106 Å². The molecule has 82 heavy (non-hydrogen) atoms. The predicted molar refractivity (Wildman–Crippen MR) is 351 cm³/mol. The largest absolute Gasteiger partial charge is 0.458 e. The molecule has 0 amide bonds. The van der Waals surface area contributed by atoms with E-state index in [1.165, 1.54) is 88.4 Å². The minimum Gasteiger partial charge on any atom is -0.458 e. The van der Waals surface area contributed by atoms with Gasteiger partial charge in [0.25, 0.3) is 6.71 Å². The summed E-state index contributed by atoms with van der Waals surface area (Å²) in [6.07, 6.45) is 0. The van der Waals surface area contributed by atoms with E-state index in [1.807, 2.05) is 46.6 Å². The van der Waals surface area contributed by atoms with Crippen LogP contribution in [0.3, 0.4) is 0 Å². The molecule has 15 aromatic rings. The van der Waals surface area contributed by atoms with E-state index in [-0.39, 0.29) is 17.5 Å². The van der Waals surface area contributed by atoms with E-state index in [9.17, 15) is 0 Å². The van der Waals surface area contributed by atoms with Gasteiger partial charge in [-0.2, -0.15) is 0 Å². The molecule has 0 unspecified atom stereocenters. The van der Waals surface area contributed by atoms with E-state index < -0.39 is 0 Å². The number of thiophene rings is 2. The number of rotatable bonds is 5. The molecule has 0 aliphatic carbocycles. The van der Waals surface area contributed by atoms with Crippen molar-refractivity contribution < 1.29 is 13.6 Å². The Kier molecular flexibility index (Phi) is 10.3. The SMILES string of the molecule is CC(C)(C)c1ccc(N(c2ccc(C(C)(C)C)cc2)c2ccc3c(c2)Sc2cc(-c4ccc5c(c4)sc4ccc6oc7ccccc7c6c45)cc4c2B3c2ccc(-c3ccc5c(c3)sc3ccc6oc7ccccc7c6c35)cc2O4)cc1. The van der Waals surface area contributed by atoms with E-state index in [1.54, 1.807) is 0 Å². The van der Waals surface area contributed by atoms with Gasteiger partial charge >= 0.3 is 0 Å². The molecule has 392 valence electrons. The van der Waals surface area contributed by atoms with Crippen molar-refractivity contribution in [2.24, 2.45) is 0 Å². The molecule has 0 fully saturated rings. The van der Waals surface area contributed by atoms with Crippen molar-refractivity contribution in [3.8, 4) is 33.8 Å². The Hall–Kier alpha value is -8.53. The smallest absolute Gasteiger partial charge is 0.253 e. The number of hydrogen-bond donors (Lipinski definition) is 0. The van der Waals surface area contributed by atoms with Gasteiger partial charge in [0.15, 0.2) is 0 Å². The third kappa shape index (κ3) is 7.37. The number of anilines is 3. The number of furan rings is 2. The van der Waals surface area contributed by atoms with Crippen LogP contribution in [0, 0.1) is 0 Å². The first-order valence-electron chi connectivity index (χ1n) is 28.2. The number of benzene rings is 11. The molecular weight excluding hydrogens is 1060 g/mol. The highest BCUT2D eigenvalue weighted by atomic mass is 32.2. The summed E-state index contributed by atoms with van der Waals surface area (Å²) in [7, 11) is 0. The monoisotopic (exact) mass is 1110 g/mol.